The van der Waals surface area contributed by atoms with E-state index in [2.05, 4.69) is 38.1 Å². The second-order valence-corrected chi connectivity index (χ2v) is 6.57. The number of rotatable bonds is 8. The fourth-order valence-corrected chi connectivity index (χ4v) is 2.84. The molecule has 3 heteroatoms. The summed E-state index contributed by atoms with van der Waals surface area (Å²) in [5.74, 6) is 3.51. The highest BCUT2D eigenvalue weighted by Gasteiger charge is 2.16. The van der Waals surface area contributed by atoms with Crippen LogP contribution in [-0.4, -0.2) is 13.2 Å². The molecule has 3 nitrogen and oxygen atoms in total. The standard InChI is InChI=1S/C24H27O3/c1-4-14-25-22-10-6-19(7-11-22)21-16-18(3)27-24(17-21)20-8-12-23(13-9-20)26-15-5-2/h6-13,16-17H,4-5,14-15H2,1-3H3/q+1. The SMILES string of the molecule is CCCOc1ccc(-c2cc(C)[o+]c(-c3ccc(OCCC)cc3)c2)cc1. The lowest BCUT2D eigenvalue weighted by atomic mass is 10.0. The normalized spacial score (nSPS) is 10.6. The molecule has 0 atom stereocenters. The molecular weight excluding hydrogens is 336 g/mol. The fraction of sp³-hybridized carbons (Fsp3) is 0.292. The quantitative estimate of drug-likeness (QED) is 0.413. The predicted octanol–water partition coefficient (Wildman–Crippen LogP) is 6.78. The van der Waals surface area contributed by atoms with Crippen LogP contribution in [0, 0.1) is 6.92 Å². The van der Waals surface area contributed by atoms with E-state index in [9.17, 15) is 0 Å². The van der Waals surface area contributed by atoms with Gasteiger partial charge in [-0.3, -0.25) is 0 Å². The molecule has 140 valence electrons. The third-order valence-corrected chi connectivity index (χ3v) is 4.19. The van der Waals surface area contributed by atoms with Crippen LogP contribution in [0.15, 0.2) is 65.1 Å². The van der Waals surface area contributed by atoms with Gasteiger partial charge in [-0.1, -0.05) is 26.0 Å². The van der Waals surface area contributed by atoms with Crippen molar-refractivity contribution in [3.8, 4) is 33.9 Å². The molecule has 3 aromatic rings. The fourth-order valence-electron chi connectivity index (χ4n) is 2.84. The maximum atomic E-state index is 5.96. The summed E-state index contributed by atoms with van der Waals surface area (Å²) in [5, 5.41) is 0. The Hall–Kier alpha value is -2.81. The van der Waals surface area contributed by atoms with Crippen molar-refractivity contribution in [2.24, 2.45) is 0 Å². The second-order valence-electron chi connectivity index (χ2n) is 6.57. The summed E-state index contributed by atoms with van der Waals surface area (Å²) in [6.07, 6.45) is 2.01. The Labute approximate surface area is 161 Å². The Bertz CT molecular complexity index is 782. The molecule has 0 amide bonds. The lowest BCUT2D eigenvalue weighted by molar-refractivity contribution is 0.317. The van der Waals surface area contributed by atoms with Gasteiger partial charge in [-0.05, 0) is 54.8 Å². The first-order valence-electron chi connectivity index (χ1n) is 9.61. The van der Waals surface area contributed by atoms with Gasteiger partial charge in [0.15, 0.2) is 0 Å². The van der Waals surface area contributed by atoms with Gasteiger partial charge in [0.05, 0.1) is 31.8 Å². The molecule has 27 heavy (non-hydrogen) atoms. The number of hydrogen-bond acceptors (Lipinski definition) is 2. The van der Waals surface area contributed by atoms with Gasteiger partial charge < -0.3 is 9.47 Å². The van der Waals surface area contributed by atoms with Crippen molar-refractivity contribution in [3.05, 3.63) is 66.4 Å². The Morgan fingerprint density at radius 3 is 1.70 bits per heavy atom. The maximum Gasteiger partial charge on any atom is 0.360 e. The average Bonchev–Trinajstić information content (AvgIpc) is 2.71. The van der Waals surface area contributed by atoms with E-state index in [1.165, 1.54) is 0 Å². The summed E-state index contributed by atoms with van der Waals surface area (Å²) in [6.45, 7) is 7.66. The molecule has 0 saturated heterocycles. The van der Waals surface area contributed by atoms with Gasteiger partial charge in [-0.15, -0.1) is 0 Å². The second kappa shape index (κ2) is 9.22. The number of ether oxygens (including phenoxy) is 2. The minimum Gasteiger partial charge on any atom is -0.494 e. The van der Waals surface area contributed by atoms with E-state index in [0.29, 0.717) is 0 Å². The molecule has 3 rings (SSSR count). The summed E-state index contributed by atoms with van der Waals surface area (Å²) >= 11 is 0. The van der Waals surface area contributed by atoms with Crippen molar-refractivity contribution < 1.29 is 13.9 Å². The molecule has 1 aromatic heterocycles. The van der Waals surface area contributed by atoms with Crippen molar-refractivity contribution >= 4 is 0 Å². The van der Waals surface area contributed by atoms with E-state index in [1.807, 2.05) is 43.3 Å². The van der Waals surface area contributed by atoms with E-state index >= 15 is 0 Å². The first-order valence-corrected chi connectivity index (χ1v) is 9.61. The molecule has 0 radical (unpaired) electrons. The molecule has 0 aliphatic carbocycles. The highest BCUT2D eigenvalue weighted by Crippen LogP contribution is 2.30. The molecular formula is C24H27O3+. The van der Waals surface area contributed by atoms with E-state index in [1.54, 1.807) is 0 Å². The van der Waals surface area contributed by atoms with Crippen molar-refractivity contribution in [2.75, 3.05) is 13.2 Å². The first kappa shape index (κ1) is 19.0. The van der Waals surface area contributed by atoms with Crippen LogP contribution in [0.4, 0.5) is 0 Å². The van der Waals surface area contributed by atoms with Gasteiger partial charge in [0.1, 0.15) is 11.5 Å². The van der Waals surface area contributed by atoms with Crippen LogP contribution in [-0.2, 0) is 0 Å². The van der Waals surface area contributed by atoms with Crippen LogP contribution >= 0.6 is 0 Å². The first-order chi connectivity index (χ1) is 13.2. The highest BCUT2D eigenvalue weighted by atomic mass is 16.5. The van der Waals surface area contributed by atoms with Crippen LogP contribution < -0.4 is 9.47 Å². The zero-order chi connectivity index (χ0) is 19.1. The van der Waals surface area contributed by atoms with Crippen LogP contribution in [0.5, 0.6) is 11.5 Å². The van der Waals surface area contributed by atoms with Crippen LogP contribution in [0.3, 0.4) is 0 Å². The van der Waals surface area contributed by atoms with Crippen molar-refractivity contribution in [1.82, 2.24) is 0 Å². The molecule has 0 aliphatic rings. The summed E-state index contributed by atoms with van der Waals surface area (Å²) in [5.41, 5.74) is 3.30. The Morgan fingerprint density at radius 2 is 1.19 bits per heavy atom. The van der Waals surface area contributed by atoms with E-state index in [0.717, 1.165) is 65.8 Å². The van der Waals surface area contributed by atoms with Gasteiger partial charge in [0.25, 0.3) is 0 Å². The third kappa shape index (κ3) is 5.10. The van der Waals surface area contributed by atoms with E-state index in [4.69, 9.17) is 13.9 Å². The van der Waals surface area contributed by atoms with Crippen LogP contribution in [0.1, 0.15) is 32.4 Å². The van der Waals surface area contributed by atoms with Crippen molar-refractivity contribution in [3.63, 3.8) is 0 Å². The highest BCUT2D eigenvalue weighted by molar-refractivity contribution is 5.70. The Balaban J connectivity index is 1.83. The van der Waals surface area contributed by atoms with Crippen molar-refractivity contribution in [2.45, 2.75) is 33.6 Å². The average molecular weight is 363 g/mol. The summed E-state index contributed by atoms with van der Waals surface area (Å²) < 4.78 is 17.3. The summed E-state index contributed by atoms with van der Waals surface area (Å²) in [4.78, 5) is 0. The lowest BCUT2D eigenvalue weighted by Gasteiger charge is -2.06. The van der Waals surface area contributed by atoms with Gasteiger partial charge in [0.2, 0.25) is 0 Å². The zero-order valence-electron chi connectivity index (χ0n) is 16.3. The number of hydrogen-bond donors (Lipinski definition) is 0. The smallest absolute Gasteiger partial charge is 0.360 e. The summed E-state index contributed by atoms with van der Waals surface area (Å²) in [7, 11) is 0. The Kier molecular flexibility index (Phi) is 6.48. The molecule has 0 fully saturated rings. The molecule has 0 spiro atoms. The minimum atomic E-state index is 0.732. The molecule has 0 N–H and O–H groups in total. The molecule has 0 unspecified atom stereocenters. The van der Waals surface area contributed by atoms with Crippen LogP contribution in [0.2, 0.25) is 0 Å². The van der Waals surface area contributed by atoms with E-state index in [-0.39, 0.29) is 0 Å². The Morgan fingerprint density at radius 1 is 0.667 bits per heavy atom. The van der Waals surface area contributed by atoms with Gasteiger partial charge in [-0.25, -0.2) is 4.42 Å². The number of aryl methyl sites for hydroxylation is 1. The van der Waals surface area contributed by atoms with Gasteiger partial charge in [0, 0.05) is 11.6 Å². The minimum absolute atomic E-state index is 0.732. The molecule has 1 heterocycles. The topological polar surface area (TPSA) is 29.8 Å². The summed E-state index contributed by atoms with van der Waals surface area (Å²) in [6, 6.07) is 20.4. The zero-order valence-corrected chi connectivity index (χ0v) is 16.3. The van der Waals surface area contributed by atoms with Crippen LogP contribution in [0.25, 0.3) is 22.5 Å². The van der Waals surface area contributed by atoms with Gasteiger partial charge in [-0.2, -0.15) is 0 Å². The van der Waals surface area contributed by atoms with Crippen molar-refractivity contribution in [1.29, 1.82) is 0 Å². The maximum absolute atomic E-state index is 5.96. The van der Waals surface area contributed by atoms with E-state index < -0.39 is 0 Å². The molecule has 0 aliphatic heterocycles. The molecule has 2 aromatic carbocycles. The third-order valence-electron chi connectivity index (χ3n) is 4.19. The number of benzene rings is 2. The monoisotopic (exact) mass is 363 g/mol. The lowest BCUT2D eigenvalue weighted by Crippen LogP contribution is -1.94. The van der Waals surface area contributed by atoms with Gasteiger partial charge >= 0.3 is 11.5 Å². The molecule has 0 saturated carbocycles. The molecule has 0 bridgehead atoms. The largest absolute Gasteiger partial charge is 0.494 e. The predicted molar refractivity (Wildman–Crippen MR) is 110 cm³/mol.